The van der Waals surface area contributed by atoms with Crippen molar-refractivity contribution in [1.82, 2.24) is 15.5 Å². The van der Waals surface area contributed by atoms with E-state index >= 15 is 0 Å². The number of aliphatic imine (C=N–C) groups is 1. The molecule has 0 spiro atoms. The van der Waals surface area contributed by atoms with Crippen LogP contribution in [0.25, 0.3) is 0 Å². The lowest BCUT2D eigenvalue weighted by Crippen LogP contribution is -2.36. The third kappa shape index (κ3) is 7.56. The van der Waals surface area contributed by atoms with Gasteiger partial charge in [-0.25, -0.2) is 4.99 Å². The van der Waals surface area contributed by atoms with Gasteiger partial charge in [-0.05, 0) is 43.5 Å². The summed E-state index contributed by atoms with van der Waals surface area (Å²) >= 11 is 0. The van der Waals surface area contributed by atoms with Crippen molar-refractivity contribution < 1.29 is 9.47 Å². The Morgan fingerprint density at radius 1 is 1.06 bits per heavy atom. The maximum atomic E-state index is 5.80. The number of benzene rings is 2. The molecule has 6 heteroatoms. The molecule has 31 heavy (non-hydrogen) atoms. The van der Waals surface area contributed by atoms with Gasteiger partial charge in [0, 0.05) is 38.3 Å². The third-order valence-corrected chi connectivity index (χ3v) is 5.23. The van der Waals surface area contributed by atoms with Crippen LogP contribution in [-0.2, 0) is 24.4 Å². The first-order valence-corrected chi connectivity index (χ1v) is 11.3. The number of guanidine groups is 1. The van der Waals surface area contributed by atoms with Crippen LogP contribution in [0.3, 0.4) is 0 Å². The quantitative estimate of drug-likeness (QED) is 0.477. The van der Waals surface area contributed by atoms with Crippen LogP contribution in [0, 0.1) is 6.92 Å². The highest BCUT2D eigenvalue weighted by Crippen LogP contribution is 2.20. The predicted molar refractivity (Wildman–Crippen MR) is 127 cm³/mol. The number of ether oxygens (including phenoxy) is 2. The van der Waals surface area contributed by atoms with E-state index in [0.717, 1.165) is 56.7 Å². The SMILES string of the molecule is CCNC(=NCc1cccc(CN2CCOCC2)c1)NCc1ccc(C)cc1OCC. The van der Waals surface area contributed by atoms with Gasteiger partial charge in [0.15, 0.2) is 5.96 Å². The Morgan fingerprint density at radius 3 is 2.65 bits per heavy atom. The number of morpholine rings is 1. The van der Waals surface area contributed by atoms with E-state index in [2.05, 4.69) is 71.8 Å². The average molecular weight is 425 g/mol. The Morgan fingerprint density at radius 2 is 1.87 bits per heavy atom. The first-order chi connectivity index (χ1) is 15.2. The Hall–Kier alpha value is -2.57. The lowest BCUT2D eigenvalue weighted by atomic mass is 10.1. The van der Waals surface area contributed by atoms with Crippen molar-refractivity contribution in [3.63, 3.8) is 0 Å². The highest BCUT2D eigenvalue weighted by Gasteiger charge is 2.11. The molecule has 1 fully saturated rings. The van der Waals surface area contributed by atoms with Crippen molar-refractivity contribution in [2.75, 3.05) is 39.5 Å². The van der Waals surface area contributed by atoms with E-state index < -0.39 is 0 Å². The fourth-order valence-corrected chi connectivity index (χ4v) is 3.63. The summed E-state index contributed by atoms with van der Waals surface area (Å²) in [5.41, 5.74) is 4.87. The highest BCUT2D eigenvalue weighted by atomic mass is 16.5. The molecule has 0 aliphatic carbocycles. The Balaban J connectivity index is 1.61. The van der Waals surface area contributed by atoms with Crippen molar-refractivity contribution in [3.05, 3.63) is 64.7 Å². The van der Waals surface area contributed by atoms with Crippen LogP contribution in [0.5, 0.6) is 5.75 Å². The van der Waals surface area contributed by atoms with Gasteiger partial charge in [-0.2, -0.15) is 0 Å². The fourth-order valence-electron chi connectivity index (χ4n) is 3.63. The summed E-state index contributed by atoms with van der Waals surface area (Å²) in [6.45, 7) is 13.6. The van der Waals surface area contributed by atoms with Crippen molar-refractivity contribution in [1.29, 1.82) is 0 Å². The Labute approximate surface area is 186 Å². The molecule has 1 aliphatic heterocycles. The molecule has 2 aromatic carbocycles. The molecular formula is C25H36N4O2. The van der Waals surface area contributed by atoms with Crippen LogP contribution >= 0.6 is 0 Å². The van der Waals surface area contributed by atoms with Gasteiger partial charge in [-0.3, -0.25) is 4.90 Å². The lowest BCUT2D eigenvalue weighted by molar-refractivity contribution is 0.0342. The molecule has 1 heterocycles. The van der Waals surface area contributed by atoms with E-state index in [1.165, 1.54) is 16.7 Å². The number of nitrogens with one attached hydrogen (secondary N) is 2. The molecule has 3 rings (SSSR count). The first-order valence-electron chi connectivity index (χ1n) is 11.3. The maximum Gasteiger partial charge on any atom is 0.191 e. The van der Waals surface area contributed by atoms with E-state index in [1.807, 2.05) is 6.92 Å². The topological polar surface area (TPSA) is 58.1 Å². The van der Waals surface area contributed by atoms with Crippen LogP contribution in [0.1, 0.15) is 36.1 Å². The second-order valence-electron chi connectivity index (χ2n) is 7.80. The van der Waals surface area contributed by atoms with Crippen LogP contribution < -0.4 is 15.4 Å². The predicted octanol–water partition coefficient (Wildman–Crippen LogP) is 3.48. The first kappa shape index (κ1) is 23.1. The molecule has 0 bridgehead atoms. The highest BCUT2D eigenvalue weighted by molar-refractivity contribution is 5.79. The minimum Gasteiger partial charge on any atom is -0.494 e. The van der Waals surface area contributed by atoms with Crippen molar-refractivity contribution in [3.8, 4) is 5.75 Å². The molecule has 0 radical (unpaired) electrons. The number of hydrogen-bond acceptors (Lipinski definition) is 4. The molecule has 2 aromatic rings. The molecule has 0 atom stereocenters. The van der Waals surface area contributed by atoms with Gasteiger partial charge in [-0.15, -0.1) is 0 Å². The summed E-state index contributed by atoms with van der Waals surface area (Å²) in [5.74, 6) is 1.74. The standard InChI is InChI=1S/C25H36N4O2/c1-4-26-25(28-18-23-10-9-20(3)15-24(23)31-5-2)27-17-21-7-6-8-22(16-21)19-29-11-13-30-14-12-29/h6-10,15-16H,4-5,11-14,17-19H2,1-3H3,(H2,26,27,28). The zero-order valence-corrected chi connectivity index (χ0v) is 19.1. The van der Waals surface area contributed by atoms with Crippen LogP contribution in [-0.4, -0.2) is 50.3 Å². The zero-order valence-electron chi connectivity index (χ0n) is 19.1. The van der Waals surface area contributed by atoms with E-state index in [-0.39, 0.29) is 0 Å². The summed E-state index contributed by atoms with van der Waals surface area (Å²) in [6, 6.07) is 15.0. The second kappa shape index (κ2) is 12.3. The number of hydrogen-bond donors (Lipinski definition) is 2. The van der Waals surface area contributed by atoms with Gasteiger partial charge in [0.25, 0.3) is 0 Å². The molecule has 168 valence electrons. The summed E-state index contributed by atoms with van der Waals surface area (Å²) in [5, 5.41) is 6.78. The Bertz CT molecular complexity index is 847. The smallest absolute Gasteiger partial charge is 0.191 e. The maximum absolute atomic E-state index is 5.80. The minimum atomic E-state index is 0.637. The van der Waals surface area contributed by atoms with E-state index in [0.29, 0.717) is 19.7 Å². The van der Waals surface area contributed by atoms with Gasteiger partial charge in [0.05, 0.1) is 26.4 Å². The van der Waals surface area contributed by atoms with Crippen LogP contribution in [0.2, 0.25) is 0 Å². The number of aryl methyl sites for hydroxylation is 1. The zero-order chi connectivity index (χ0) is 21.9. The van der Waals surface area contributed by atoms with Gasteiger partial charge < -0.3 is 20.1 Å². The van der Waals surface area contributed by atoms with Crippen LogP contribution in [0.15, 0.2) is 47.5 Å². The third-order valence-electron chi connectivity index (χ3n) is 5.23. The van der Waals surface area contributed by atoms with Crippen LogP contribution in [0.4, 0.5) is 0 Å². The normalized spacial score (nSPS) is 15.0. The fraction of sp³-hybridized carbons (Fsp3) is 0.480. The summed E-state index contributed by atoms with van der Waals surface area (Å²) in [4.78, 5) is 7.24. The molecule has 1 aliphatic rings. The molecule has 2 N–H and O–H groups in total. The average Bonchev–Trinajstić information content (AvgIpc) is 2.78. The summed E-state index contributed by atoms with van der Waals surface area (Å²) in [6.07, 6.45) is 0. The molecular weight excluding hydrogens is 388 g/mol. The number of rotatable bonds is 9. The van der Waals surface area contributed by atoms with Crippen molar-refractivity contribution >= 4 is 5.96 Å². The van der Waals surface area contributed by atoms with Crippen molar-refractivity contribution in [2.24, 2.45) is 4.99 Å². The lowest BCUT2D eigenvalue weighted by Gasteiger charge is -2.26. The minimum absolute atomic E-state index is 0.637. The molecule has 1 saturated heterocycles. The molecule has 0 amide bonds. The molecule has 0 unspecified atom stereocenters. The van der Waals surface area contributed by atoms with E-state index in [1.54, 1.807) is 0 Å². The van der Waals surface area contributed by atoms with Gasteiger partial charge in [0.2, 0.25) is 0 Å². The summed E-state index contributed by atoms with van der Waals surface area (Å²) in [7, 11) is 0. The van der Waals surface area contributed by atoms with E-state index in [4.69, 9.17) is 14.5 Å². The van der Waals surface area contributed by atoms with Crippen molar-refractivity contribution in [2.45, 2.75) is 40.4 Å². The largest absolute Gasteiger partial charge is 0.494 e. The second-order valence-corrected chi connectivity index (χ2v) is 7.80. The monoisotopic (exact) mass is 424 g/mol. The summed E-state index contributed by atoms with van der Waals surface area (Å²) < 4.78 is 11.3. The van der Waals surface area contributed by atoms with Gasteiger partial charge >= 0.3 is 0 Å². The van der Waals surface area contributed by atoms with Gasteiger partial charge in [-0.1, -0.05) is 36.4 Å². The van der Waals surface area contributed by atoms with Gasteiger partial charge in [0.1, 0.15) is 5.75 Å². The van der Waals surface area contributed by atoms with E-state index in [9.17, 15) is 0 Å². The number of nitrogens with zero attached hydrogens (tertiary/aromatic N) is 2. The molecule has 6 nitrogen and oxygen atoms in total. The molecule has 0 aromatic heterocycles. The molecule has 0 saturated carbocycles. The Kier molecular flexibility index (Phi) is 9.18.